The zero-order valence-electron chi connectivity index (χ0n) is 15.0. The lowest BCUT2D eigenvalue weighted by Gasteiger charge is -2.21. The van der Waals surface area contributed by atoms with Gasteiger partial charge in [0.1, 0.15) is 23.4 Å². The molecular formula is C18H14F3N5O3. The van der Waals surface area contributed by atoms with Crippen molar-refractivity contribution in [2.75, 3.05) is 0 Å². The van der Waals surface area contributed by atoms with E-state index in [1.54, 1.807) is 19.1 Å². The number of halogens is 3. The van der Waals surface area contributed by atoms with Crippen molar-refractivity contribution in [2.24, 2.45) is 5.92 Å². The largest absolute Gasteiger partial charge is 0.572 e. The minimum Gasteiger partial charge on any atom is -0.439 e. The van der Waals surface area contributed by atoms with Crippen LogP contribution in [-0.4, -0.2) is 30.9 Å². The van der Waals surface area contributed by atoms with Gasteiger partial charge in [0.25, 0.3) is 0 Å². The molecule has 0 saturated carbocycles. The van der Waals surface area contributed by atoms with Gasteiger partial charge in [-0.3, -0.25) is 0 Å². The summed E-state index contributed by atoms with van der Waals surface area (Å²) in [6.07, 6.45) is 2.62. The van der Waals surface area contributed by atoms with Gasteiger partial charge < -0.3 is 14.5 Å². The van der Waals surface area contributed by atoms with E-state index < -0.39 is 18.0 Å². The Morgan fingerprint density at radius 2 is 2.07 bits per heavy atom. The molecule has 1 aliphatic rings. The smallest absolute Gasteiger partial charge is 0.439 e. The quantitative estimate of drug-likeness (QED) is 0.716. The molecule has 1 N–H and O–H groups in total. The summed E-state index contributed by atoms with van der Waals surface area (Å²) in [5.74, 6) is -0.300. The highest BCUT2D eigenvalue weighted by Gasteiger charge is 2.34. The first kappa shape index (κ1) is 18.7. The van der Waals surface area contributed by atoms with E-state index in [4.69, 9.17) is 4.74 Å². The van der Waals surface area contributed by atoms with Gasteiger partial charge in [-0.15, -0.1) is 13.2 Å². The number of hydrogen-bond donors (Lipinski definition) is 1. The molecule has 0 bridgehead atoms. The third-order valence-electron chi connectivity index (χ3n) is 4.23. The number of ether oxygens (including phenoxy) is 2. The molecule has 8 nitrogen and oxygen atoms in total. The van der Waals surface area contributed by atoms with E-state index in [0.717, 1.165) is 0 Å². The number of nitrogens with one attached hydrogen (secondary N) is 1. The van der Waals surface area contributed by atoms with Gasteiger partial charge in [-0.2, -0.15) is 0 Å². The maximum absolute atomic E-state index is 12.5. The Morgan fingerprint density at radius 3 is 2.79 bits per heavy atom. The Kier molecular flexibility index (Phi) is 4.57. The normalized spacial score (nSPS) is 17.0. The lowest BCUT2D eigenvalue weighted by molar-refractivity contribution is -0.308. The van der Waals surface area contributed by atoms with Crippen molar-refractivity contribution >= 4 is 11.2 Å². The summed E-state index contributed by atoms with van der Waals surface area (Å²) in [6.45, 7) is 1.63. The Morgan fingerprint density at radius 1 is 1.24 bits per heavy atom. The number of alkyl halides is 3. The van der Waals surface area contributed by atoms with E-state index in [1.807, 2.05) is 0 Å². The molecule has 0 amide bonds. The fourth-order valence-electron chi connectivity index (χ4n) is 2.87. The standard InChI is InChI=1S/C18H14F3N5O3/c1-10-2-4-12(6-14(10)29-18(19,20)21)28-15-5-3-11(7-23-15)26-16-13(25-17(26)27)8-22-9-24-16/h3-10H,2H2,1H3,(H,25,27). The molecule has 0 aromatic carbocycles. The van der Waals surface area contributed by atoms with Crippen molar-refractivity contribution in [1.29, 1.82) is 0 Å². The predicted octanol–water partition coefficient (Wildman–Crippen LogP) is 3.23. The Hall–Kier alpha value is -3.63. The van der Waals surface area contributed by atoms with Crippen LogP contribution in [0.3, 0.4) is 0 Å². The summed E-state index contributed by atoms with van der Waals surface area (Å²) in [5, 5.41) is 0. The number of aromatic amines is 1. The van der Waals surface area contributed by atoms with Crippen molar-refractivity contribution in [2.45, 2.75) is 19.7 Å². The highest BCUT2D eigenvalue weighted by atomic mass is 19.4. The van der Waals surface area contributed by atoms with Crippen LogP contribution in [0.5, 0.6) is 5.88 Å². The van der Waals surface area contributed by atoms with E-state index in [2.05, 4.69) is 24.7 Å². The average Bonchev–Trinajstić information content (AvgIpc) is 3.00. The molecule has 0 aliphatic heterocycles. The molecule has 11 heteroatoms. The third kappa shape index (κ3) is 3.98. The Labute approximate surface area is 161 Å². The number of rotatable bonds is 4. The van der Waals surface area contributed by atoms with Gasteiger partial charge in [0.15, 0.2) is 5.65 Å². The maximum Gasteiger partial charge on any atom is 0.572 e. The number of H-pyrrole nitrogens is 1. The molecule has 0 radical (unpaired) electrons. The second-order valence-corrected chi connectivity index (χ2v) is 6.32. The van der Waals surface area contributed by atoms with Crippen molar-refractivity contribution in [3.8, 4) is 11.6 Å². The Balaban J connectivity index is 1.56. The van der Waals surface area contributed by atoms with E-state index in [9.17, 15) is 18.0 Å². The maximum atomic E-state index is 12.5. The number of pyridine rings is 1. The first-order chi connectivity index (χ1) is 13.8. The number of fused-ring (bicyclic) bond motifs is 1. The summed E-state index contributed by atoms with van der Waals surface area (Å²) in [4.78, 5) is 26.9. The van der Waals surface area contributed by atoms with Gasteiger partial charge in [-0.25, -0.2) is 24.3 Å². The zero-order valence-corrected chi connectivity index (χ0v) is 15.0. The zero-order chi connectivity index (χ0) is 20.6. The molecule has 4 rings (SSSR count). The molecule has 29 heavy (non-hydrogen) atoms. The summed E-state index contributed by atoms with van der Waals surface area (Å²) >= 11 is 0. The van der Waals surface area contributed by atoms with Crippen LogP contribution in [0.25, 0.3) is 16.9 Å². The summed E-state index contributed by atoms with van der Waals surface area (Å²) < 4.78 is 48.5. The van der Waals surface area contributed by atoms with Crippen LogP contribution >= 0.6 is 0 Å². The SMILES string of the molecule is CC1CC=C(Oc2ccc(-n3c(=O)[nH]c4cncnc43)cn2)C=C1OC(F)(F)F. The van der Waals surface area contributed by atoms with Crippen molar-refractivity contribution < 1.29 is 22.6 Å². The minimum absolute atomic E-state index is 0.152. The van der Waals surface area contributed by atoms with Gasteiger partial charge in [0.05, 0.1) is 18.1 Å². The highest BCUT2D eigenvalue weighted by Crippen LogP contribution is 2.31. The minimum atomic E-state index is -4.77. The number of imidazole rings is 1. The van der Waals surface area contributed by atoms with Gasteiger partial charge in [0.2, 0.25) is 5.88 Å². The highest BCUT2D eigenvalue weighted by molar-refractivity contribution is 5.71. The van der Waals surface area contributed by atoms with Gasteiger partial charge in [-0.1, -0.05) is 6.92 Å². The fourth-order valence-corrected chi connectivity index (χ4v) is 2.87. The lowest BCUT2D eigenvalue weighted by atomic mass is 10.00. The molecule has 0 saturated heterocycles. The molecule has 3 aromatic heterocycles. The molecule has 0 fully saturated rings. The van der Waals surface area contributed by atoms with Crippen LogP contribution in [0.1, 0.15) is 13.3 Å². The predicted molar refractivity (Wildman–Crippen MR) is 95.0 cm³/mol. The number of nitrogens with zero attached hydrogens (tertiary/aromatic N) is 4. The van der Waals surface area contributed by atoms with E-state index in [-0.39, 0.29) is 17.4 Å². The van der Waals surface area contributed by atoms with Gasteiger partial charge in [0, 0.05) is 18.1 Å². The van der Waals surface area contributed by atoms with Crippen LogP contribution < -0.4 is 10.4 Å². The lowest BCUT2D eigenvalue weighted by Crippen LogP contribution is -2.19. The van der Waals surface area contributed by atoms with Gasteiger partial charge in [-0.05, 0) is 18.6 Å². The summed E-state index contributed by atoms with van der Waals surface area (Å²) in [5.41, 5.74) is 0.898. The number of hydrogen-bond acceptors (Lipinski definition) is 6. The third-order valence-corrected chi connectivity index (χ3v) is 4.23. The van der Waals surface area contributed by atoms with Crippen LogP contribution in [0.15, 0.2) is 59.3 Å². The molecule has 1 atom stereocenters. The van der Waals surface area contributed by atoms with Crippen LogP contribution in [0, 0.1) is 5.92 Å². The van der Waals surface area contributed by atoms with Crippen LogP contribution in [-0.2, 0) is 4.74 Å². The van der Waals surface area contributed by atoms with Crippen LogP contribution in [0.4, 0.5) is 13.2 Å². The second kappa shape index (κ2) is 7.08. The molecule has 3 aromatic rings. The van der Waals surface area contributed by atoms with Crippen LogP contribution in [0.2, 0.25) is 0 Å². The van der Waals surface area contributed by atoms with E-state index in [1.165, 1.54) is 35.4 Å². The van der Waals surface area contributed by atoms with Crippen molar-refractivity contribution in [3.05, 3.63) is 65.0 Å². The molecule has 3 heterocycles. The summed E-state index contributed by atoms with van der Waals surface area (Å²) in [6, 6.07) is 3.08. The first-order valence-corrected chi connectivity index (χ1v) is 8.52. The molecule has 0 spiro atoms. The molecule has 150 valence electrons. The van der Waals surface area contributed by atoms with E-state index in [0.29, 0.717) is 23.3 Å². The number of aromatic nitrogens is 5. The van der Waals surface area contributed by atoms with Crippen molar-refractivity contribution in [3.63, 3.8) is 0 Å². The second-order valence-electron chi connectivity index (χ2n) is 6.32. The van der Waals surface area contributed by atoms with E-state index >= 15 is 0 Å². The summed E-state index contributed by atoms with van der Waals surface area (Å²) in [7, 11) is 0. The monoisotopic (exact) mass is 405 g/mol. The van der Waals surface area contributed by atoms with Gasteiger partial charge >= 0.3 is 12.1 Å². The number of allylic oxidation sites excluding steroid dienone is 3. The van der Waals surface area contributed by atoms with Crippen molar-refractivity contribution in [1.82, 2.24) is 24.5 Å². The first-order valence-electron chi connectivity index (χ1n) is 8.52. The molecule has 1 unspecified atom stereocenters. The molecule has 1 aliphatic carbocycles. The Bertz CT molecular complexity index is 1160. The fraction of sp³-hybridized carbons (Fsp3) is 0.222. The topological polar surface area (TPSA) is 94.9 Å². The average molecular weight is 405 g/mol. The molecular weight excluding hydrogens is 391 g/mol.